The molecule has 0 radical (unpaired) electrons. The second kappa shape index (κ2) is 9.65. The predicted octanol–water partition coefficient (Wildman–Crippen LogP) is 1.19. The maximum absolute atomic E-state index is 11.2. The summed E-state index contributed by atoms with van der Waals surface area (Å²) < 4.78 is 0. The van der Waals surface area contributed by atoms with Gasteiger partial charge in [0, 0.05) is 6.42 Å². The summed E-state index contributed by atoms with van der Waals surface area (Å²) in [5.74, 6) is -0.422. The highest BCUT2D eigenvalue weighted by molar-refractivity contribution is 5.87. The Bertz CT molecular complexity index is 189. The van der Waals surface area contributed by atoms with E-state index in [9.17, 15) is 9.59 Å². The molecule has 0 aromatic carbocycles. The number of likely N-dealkylation sites (N-methyl/N-ethyl adjacent to an activating group) is 1. The highest BCUT2D eigenvalue weighted by Gasteiger charge is 2.21. The molecule has 15 heavy (non-hydrogen) atoms. The third-order valence-corrected chi connectivity index (χ3v) is 2.12. The summed E-state index contributed by atoms with van der Waals surface area (Å²) >= 11 is 0. The topological polar surface area (TPSA) is 63.4 Å². The van der Waals surface area contributed by atoms with Gasteiger partial charge in [0.15, 0.2) is 0 Å². The third-order valence-electron chi connectivity index (χ3n) is 2.12. The fraction of sp³-hybridized carbons (Fsp3) is 0.818. The third kappa shape index (κ3) is 7.08. The zero-order valence-corrected chi connectivity index (χ0v) is 10.5. The van der Waals surface area contributed by atoms with Gasteiger partial charge >= 0.3 is 0 Å². The number of nitrogens with two attached hydrogens (primary N) is 1. The zero-order valence-electron chi connectivity index (χ0n) is 10.5. The van der Waals surface area contributed by atoms with E-state index in [0.717, 1.165) is 13.1 Å². The van der Waals surface area contributed by atoms with Crippen LogP contribution in [0.4, 0.5) is 0 Å². The molecule has 0 aromatic rings. The first-order valence-electron chi connectivity index (χ1n) is 5.55. The van der Waals surface area contributed by atoms with Crippen molar-refractivity contribution in [2.75, 3.05) is 13.1 Å². The summed E-state index contributed by atoms with van der Waals surface area (Å²) in [4.78, 5) is 23.8. The van der Waals surface area contributed by atoms with Gasteiger partial charge in [-0.25, -0.2) is 0 Å². The van der Waals surface area contributed by atoms with Gasteiger partial charge in [-0.05, 0) is 20.0 Å². The molecule has 4 heteroatoms. The SMILES string of the molecule is CC.CCN(CC)C(CC(N)=O)C(C)=O. The van der Waals surface area contributed by atoms with Crippen molar-refractivity contribution >= 4 is 11.7 Å². The summed E-state index contributed by atoms with van der Waals surface area (Å²) in [6.45, 7) is 10.9. The fourth-order valence-corrected chi connectivity index (χ4v) is 1.38. The van der Waals surface area contributed by atoms with Gasteiger partial charge < -0.3 is 5.73 Å². The minimum absolute atomic E-state index is 0.00231. The maximum atomic E-state index is 11.2. The van der Waals surface area contributed by atoms with Crippen LogP contribution in [0.2, 0.25) is 0 Å². The van der Waals surface area contributed by atoms with Crippen LogP contribution in [0.3, 0.4) is 0 Å². The Morgan fingerprint density at radius 2 is 1.60 bits per heavy atom. The normalized spacial score (nSPS) is 11.6. The molecule has 0 spiro atoms. The summed E-state index contributed by atoms with van der Waals surface area (Å²) in [6.07, 6.45) is 0.122. The van der Waals surface area contributed by atoms with Crippen molar-refractivity contribution in [1.29, 1.82) is 0 Å². The summed E-state index contributed by atoms with van der Waals surface area (Å²) in [5, 5.41) is 0. The number of hydrogen-bond acceptors (Lipinski definition) is 3. The van der Waals surface area contributed by atoms with Crippen LogP contribution in [-0.4, -0.2) is 35.7 Å². The molecular formula is C11H24N2O2. The highest BCUT2D eigenvalue weighted by Crippen LogP contribution is 2.04. The van der Waals surface area contributed by atoms with Crippen molar-refractivity contribution in [3.63, 3.8) is 0 Å². The Hall–Kier alpha value is -0.900. The molecule has 2 N–H and O–H groups in total. The molecule has 0 bridgehead atoms. The van der Waals surface area contributed by atoms with Crippen molar-refractivity contribution in [2.24, 2.45) is 5.73 Å². The average Bonchev–Trinajstić information content (AvgIpc) is 2.20. The second-order valence-electron chi connectivity index (χ2n) is 3.02. The molecule has 0 fully saturated rings. The molecular weight excluding hydrogens is 192 g/mol. The molecule has 0 rings (SSSR count). The molecule has 0 aliphatic rings. The lowest BCUT2D eigenvalue weighted by Crippen LogP contribution is -2.42. The molecule has 90 valence electrons. The Balaban J connectivity index is 0. The maximum Gasteiger partial charge on any atom is 0.219 e. The van der Waals surface area contributed by atoms with Gasteiger partial charge in [-0.1, -0.05) is 27.7 Å². The number of carbonyl (C=O) groups is 2. The van der Waals surface area contributed by atoms with E-state index in [-0.39, 0.29) is 18.2 Å². The van der Waals surface area contributed by atoms with Gasteiger partial charge in [-0.15, -0.1) is 0 Å². The Morgan fingerprint density at radius 3 is 1.80 bits per heavy atom. The Morgan fingerprint density at radius 1 is 1.20 bits per heavy atom. The molecule has 1 atom stereocenters. The quantitative estimate of drug-likeness (QED) is 0.725. The van der Waals surface area contributed by atoms with E-state index in [2.05, 4.69) is 0 Å². The number of ketones is 1. The molecule has 1 amide bonds. The lowest BCUT2D eigenvalue weighted by molar-refractivity contribution is -0.127. The number of Topliss-reactive ketones (excluding diaryl/α,β-unsaturated/α-hetero) is 1. The van der Waals surface area contributed by atoms with Crippen molar-refractivity contribution in [3.05, 3.63) is 0 Å². The van der Waals surface area contributed by atoms with Gasteiger partial charge in [0.2, 0.25) is 5.91 Å². The van der Waals surface area contributed by atoms with Gasteiger partial charge in [-0.2, -0.15) is 0 Å². The summed E-state index contributed by atoms with van der Waals surface area (Å²) in [7, 11) is 0. The largest absolute Gasteiger partial charge is 0.370 e. The second-order valence-corrected chi connectivity index (χ2v) is 3.02. The van der Waals surface area contributed by atoms with Crippen molar-refractivity contribution in [2.45, 2.75) is 47.1 Å². The van der Waals surface area contributed by atoms with Crippen LogP contribution in [0.5, 0.6) is 0 Å². The molecule has 0 aromatic heterocycles. The molecule has 0 aliphatic heterocycles. The first-order valence-corrected chi connectivity index (χ1v) is 5.55. The number of hydrogen-bond donors (Lipinski definition) is 1. The number of amides is 1. The average molecular weight is 216 g/mol. The molecule has 4 nitrogen and oxygen atoms in total. The Labute approximate surface area is 92.8 Å². The minimum Gasteiger partial charge on any atom is -0.370 e. The van der Waals surface area contributed by atoms with Crippen LogP contribution in [0.1, 0.15) is 41.0 Å². The molecule has 0 saturated heterocycles. The van der Waals surface area contributed by atoms with Crippen molar-refractivity contribution in [1.82, 2.24) is 4.90 Å². The van der Waals surface area contributed by atoms with Crippen LogP contribution in [0, 0.1) is 0 Å². The monoisotopic (exact) mass is 216 g/mol. The van der Waals surface area contributed by atoms with Gasteiger partial charge in [0.1, 0.15) is 5.78 Å². The van der Waals surface area contributed by atoms with E-state index < -0.39 is 5.91 Å². The number of primary amides is 1. The molecule has 0 saturated carbocycles. The van der Waals surface area contributed by atoms with Crippen LogP contribution in [0.25, 0.3) is 0 Å². The smallest absolute Gasteiger partial charge is 0.219 e. The van der Waals surface area contributed by atoms with Crippen LogP contribution >= 0.6 is 0 Å². The van der Waals surface area contributed by atoms with Crippen LogP contribution in [0.15, 0.2) is 0 Å². The lowest BCUT2D eigenvalue weighted by Gasteiger charge is -2.26. The highest BCUT2D eigenvalue weighted by atomic mass is 16.1. The van der Waals surface area contributed by atoms with E-state index in [4.69, 9.17) is 5.73 Å². The van der Waals surface area contributed by atoms with E-state index in [1.165, 1.54) is 6.92 Å². The van der Waals surface area contributed by atoms with E-state index in [0.29, 0.717) is 0 Å². The minimum atomic E-state index is -0.424. The fourth-order valence-electron chi connectivity index (χ4n) is 1.38. The number of carbonyl (C=O) groups excluding carboxylic acids is 2. The summed E-state index contributed by atoms with van der Waals surface area (Å²) in [6, 6.07) is -0.340. The molecule has 0 heterocycles. The Kier molecular flexibility index (Phi) is 10.6. The van der Waals surface area contributed by atoms with E-state index in [1.807, 2.05) is 32.6 Å². The van der Waals surface area contributed by atoms with E-state index in [1.54, 1.807) is 0 Å². The lowest BCUT2D eigenvalue weighted by atomic mass is 10.1. The van der Waals surface area contributed by atoms with Gasteiger partial charge in [0.05, 0.1) is 6.04 Å². The predicted molar refractivity (Wildman–Crippen MR) is 62.5 cm³/mol. The van der Waals surface area contributed by atoms with Crippen molar-refractivity contribution < 1.29 is 9.59 Å². The first kappa shape index (κ1) is 16.5. The van der Waals surface area contributed by atoms with Gasteiger partial charge in [-0.3, -0.25) is 14.5 Å². The number of nitrogens with zero attached hydrogens (tertiary/aromatic N) is 1. The molecule has 1 unspecified atom stereocenters. The van der Waals surface area contributed by atoms with Crippen LogP contribution in [-0.2, 0) is 9.59 Å². The zero-order chi connectivity index (χ0) is 12.4. The van der Waals surface area contributed by atoms with Gasteiger partial charge in [0.25, 0.3) is 0 Å². The van der Waals surface area contributed by atoms with Crippen LogP contribution < -0.4 is 5.73 Å². The molecule has 0 aliphatic carbocycles. The summed E-state index contributed by atoms with van der Waals surface area (Å²) in [5.41, 5.74) is 5.06. The first-order chi connectivity index (χ1) is 7.02. The standard InChI is InChI=1S/C9H18N2O2.C2H6/c1-4-11(5-2)8(7(3)12)6-9(10)13;1-2/h8H,4-6H2,1-3H3,(H2,10,13);1-2H3. The van der Waals surface area contributed by atoms with Crippen molar-refractivity contribution in [3.8, 4) is 0 Å². The van der Waals surface area contributed by atoms with E-state index >= 15 is 0 Å². The number of rotatable bonds is 6.